The molecule has 0 bridgehead atoms. The number of cyclic esters (lactones) is 1. The van der Waals surface area contributed by atoms with Crippen molar-refractivity contribution >= 4 is 29.6 Å². The largest absolute Gasteiger partial charge is 0.478 e. The normalized spacial score (nSPS) is 27.3. The second-order valence-electron chi connectivity index (χ2n) is 12.8. The van der Waals surface area contributed by atoms with Crippen LogP contribution in [0.4, 0.5) is 5.69 Å². The Morgan fingerprint density at radius 1 is 1.07 bits per heavy atom. The van der Waals surface area contributed by atoms with Crippen LogP contribution >= 0.6 is 0 Å². The molecule has 1 aromatic carbocycles. The van der Waals surface area contributed by atoms with Gasteiger partial charge in [0.25, 0.3) is 5.69 Å². The Kier molecular flexibility index (Phi) is 10.3. The molecule has 3 aliphatic rings. The Labute approximate surface area is 256 Å². The molecule has 0 unspecified atom stereocenters. The molecular weight excluding hydrogens is 570 g/mol. The zero-order valence-corrected chi connectivity index (χ0v) is 25.4. The maximum Gasteiger partial charge on any atom is 0.338 e. The van der Waals surface area contributed by atoms with Crippen LogP contribution in [0.5, 0.6) is 0 Å². The second kappa shape index (κ2) is 13.7. The van der Waals surface area contributed by atoms with Gasteiger partial charge in [-0.25, -0.2) is 14.4 Å². The third-order valence-corrected chi connectivity index (χ3v) is 9.67. The first-order chi connectivity index (χ1) is 20.9. The predicted molar refractivity (Wildman–Crippen MR) is 158 cm³/mol. The molecule has 5 atom stereocenters. The molecule has 1 N–H and O–H groups in total. The van der Waals surface area contributed by atoms with Gasteiger partial charge in [-0.3, -0.25) is 14.9 Å². The van der Waals surface area contributed by atoms with E-state index in [2.05, 4.69) is 13.5 Å². The van der Waals surface area contributed by atoms with Crippen LogP contribution in [0.1, 0.15) is 88.4 Å². The van der Waals surface area contributed by atoms with Crippen LogP contribution in [0.25, 0.3) is 0 Å². The van der Waals surface area contributed by atoms with Crippen LogP contribution in [0.2, 0.25) is 0 Å². The summed E-state index contributed by atoms with van der Waals surface area (Å²) >= 11 is 0. The number of non-ortho nitro benzene ring substituents is 1. The Bertz CT molecular complexity index is 1330. The van der Waals surface area contributed by atoms with Gasteiger partial charge in [0.2, 0.25) is 0 Å². The number of unbranched alkanes of at least 4 members (excludes halogenated alkanes) is 4. The van der Waals surface area contributed by atoms with E-state index in [1.807, 2.05) is 6.92 Å². The number of carbonyl (C=O) groups is 4. The van der Waals surface area contributed by atoms with Gasteiger partial charge in [-0.05, 0) is 55.7 Å². The standard InChI is InChI=1S/C33H41NO10/c1-21(29(36)37)10-7-5-4-6-8-11-27(35)43-20-32(2)16-9-17-33(3)25-19-42-31(39)24(25)18-26(28(32)33)44-30(38)22-12-14-23(15-13-22)34(40)41/h12-15,18,25-26,28H,1,4-11,16-17,19-20H2,2-3H3,(H,36,37)/t25-,26+,28-,32+,33+/m0/s1. The lowest BCUT2D eigenvalue weighted by Crippen LogP contribution is -2.57. The first-order valence-electron chi connectivity index (χ1n) is 15.3. The van der Waals surface area contributed by atoms with Gasteiger partial charge in [0.05, 0.1) is 23.7 Å². The number of carboxylic acid groups (broad SMARTS) is 1. The van der Waals surface area contributed by atoms with Crippen LogP contribution in [-0.4, -0.2) is 53.2 Å². The van der Waals surface area contributed by atoms with Crippen molar-refractivity contribution in [2.75, 3.05) is 13.2 Å². The number of ether oxygens (including phenoxy) is 3. The third-order valence-electron chi connectivity index (χ3n) is 9.67. The molecule has 2 aliphatic carbocycles. The number of fused-ring (bicyclic) bond motifs is 3. The fourth-order valence-corrected chi connectivity index (χ4v) is 7.36. The van der Waals surface area contributed by atoms with Crippen LogP contribution < -0.4 is 0 Å². The van der Waals surface area contributed by atoms with Gasteiger partial charge in [0, 0.05) is 47.0 Å². The van der Waals surface area contributed by atoms with E-state index in [0.717, 1.165) is 44.9 Å². The first kappa shape index (κ1) is 32.9. The van der Waals surface area contributed by atoms with Crippen molar-refractivity contribution in [3.63, 3.8) is 0 Å². The number of nitro groups is 1. The molecule has 0 radical (unpaired) electrons. The van der Waals surface area contributed by atoms with Gasteiger partial charge >= 0.3 is 23.9 Å². The van der Waals surface area contributed by atoms with E-state index in [1.165, 1.54) is 24.3 Å². The van der Waals surface area contributed by atoms with Crippen molar-refractivity contribution < 1.29 is 43.4 Å². The van der Waals surface area contributed by atoms with Crippen LogP contribution in [0.15, 0.2) is 48.1 Å². The van der Waals surface area contributed by atoms with Crippen molar-refractivity contribution in [1.82, 2.24) is 0 Å². The Morgan fingerprint density at radius 2 is 1.73 bits per heavy atom. The number of esters is 3. The molecule has 44 heavy (non-hydrogen) atoms. The molecule has 2 fully saturated rings. The summed E-state index contributed by atoms with van der Waals surface area (Å²) in [5.74, 6) is -2.80. The molecule has 11 heteroatoms. The van der Waals surface area contributed by atoms with Crippen molar-refractivity contribution in [3.05, 3.63) is 63.7 Å². The van der Waals surface area contributed by atoms with Crippen molar-refractivity contribution in [2.24, 2.45) is 22.7 Å². The molecule has 1 saturated carbocycles. The zero-order chi connectivity index (χ0) is 32.1. The lowest BCUT2D eigenvalue weighted by molar-refractivity contribution is -0.384. The molecule has 1 aromatic rings. The quantitative estimate of drug-likeness (QED) is 0.0664. The minimum absolute atomic E-state index is 0.139. The summed E-state index contributed by atoms with van der Waals surface area (Å²) in [6.07, 6.45) is 7.98. The summed E-state index contributed by atoms with van der Waals surface area (Å²) in [4.78, 5) is 60.0. The second-order valence-corrected chi connectivity index (χ2v) is 12.8. The average Bonchev–Trinajstić information content (AvgIpc) is 3.36. The number of rotatable bonds is 14. The van der Waals surface area contributed by atoms with Crippen molar-refractivity contribution in [2.45, 2.75) is 84.2 Å². The van der Waals surface area contributed by atoms with E-state index >= 15 is 0 Å². The summed E-state index contributed by atoms with van der Waals surface area (Å²) in [5.41, 5.74) is -0.290. The highest BCUT2D eigenvalue weighted by Gasteiger charge is 2.61. The highest BCUT2D eigenvalue weighted by Crippen LogP contribution is 2.61. The smallest absolute Gasteiger partial charge is 0.338 e. The lowest BCUT2D eigenvalue weighted by Gasteiger charge is -2.57. The Balaban J connectivity index is 1.41. The molecule has 0 amide bonds. The van der Waals surface area contributed by atoms with E-state index in [1.54, 1.807) is 6.08 Å². The topological polar surface area (TPSA) is 159 Å². The number of carbonyl (C=O) groups excluding carboxylic acids is 3. The van der Waals surface area contributed by atoms with Gasteiger partial charge in [-0.15, -0.1) is 0 Å². The number of hydrogen-bond donors (Lipinski definition) is 1. The van der Waals surface area contributed by atoms with Crippen LogP contribution in [0, 0.1) is 32.8 Å². The van der Waals surface area contributed by atoms with Gasteiger partial charge in [0.1, 0.15) is 6.10 Å². The summed E-state index contributed by atoms with van der Waals surface area (Å²) in [6, 6.07) is 5.17. The molecule has 238 valence electrons. The molecule has 1 aliphatic heterocycles. The molecule has 0 spiro atoms. The van der Waals surface area contributed by atoms with E-state index in [4.69, 9.17) is 19.3 Å². The van der Waals surface area contributed by atoms with E-state index in [-0.39, 0.29) is 54.3 Å². The summed E-state index contributed by atoms with van der Waals surface area (Å²) in [7, 11) is 0. The van der Waals surface area contributed by atoms with Gasteiger partial charge < -0.3 is 19.3 Å². The number of hydrogen-bond acceptors (Lipinski definition) is 9. The van der Waals surface area contributed by atoms with Crippen LogP contribution in [-0.2, 0) is 28.6 Å². The minimum atomic E-state index is -0.969. The molecular formula is C33H41NO10. The molecule has 11 nitrogen and oxygen atoms in total. The number of nitrogens with zero attached hydrogens (tertiary/aromatic N) is 1. The summed E-state index contributed by atoms with van der Waals surface area (Å²) < 4.78 is 17.3. The number of aliphatic carboxylic acids is 1. The van der Waals surface area contributed by atoms with Crippen molar-refractivity contribution in [1.29, 1.82) is 0 Å². The monoisotopic (exact) mass is 611 g/mol. The van der Waals surface area contributed by atoms with E-state index in [9.17, 15) is 29.3 Å². The van der Waals surface area contributed by atoms with Gasteiger partial charge in [0.15, 0.2) is 0 Å². The fraction of sp³-hybridized carbons (Fsp3) is 0.576. The molecule has 1 heterocycles. The van der Waals surface area contributed by atoms with E-state index in [0.29, 0.717) is 18.4 Å². The highest BCUT2D eigenvalue weighted by atomic mass is 16.6. The summed E-state index contributed by atoms with van der Waals surface area (Å²) in [6.45, 7) is 8.06. The van der Waals surface area contributed by atoms with E-state index < -0.39 is 39.8 Å². The lowest BCUT2D eigenvalue weighted by atomic mass is 9.48. The fourth-order valence-electron chi connectivity index (χ4n) is 7.36. The average molecular weight is 612 g/mol. The Hall–Kier alpha value is -4.02. The first-order valence-corrected chi connectivity index (χ1v) is 15.3. The van der Waals surface area contributed by atoms with Gasteiger partial charge in [-0.2, -0.15) is 0 Å². The predicted octanol–water partition coefficient (Wildman–Crippen LogP) is 5.96. The Morgan fingerprint density at radius 3 is 2.39 bits per heavy atom. The molecule has 1 saturated heterocycles. The third kappa shape index (κ3) is 7.19. The number of carboxylic acids is 1. The highest BCUT2D eigenvalue weighted by molar-refractivity contribution is 5.92. The number of nitro benzene ring substituents is 1. The van der Waals surface area contributed by atoms with Crippen molar-refractivity contribution in [3.8, 4) is 0 Å². The maximum atomic E-state index is 13.2. The maximum absolute atomic E-state index is 13.2. The zero-order valence-electron chi connectivity index (χ0n) is 25.4. The molecule has 0 aromatic heterocycles. The summed E-state index contributed by atoms with van der Waals surface area (Å²) in [5, 5.41) is 19.9. The van der Waals surface area contributed by atoms with Crippen LogP contribution in [0.3, 0.4) is 0 Å². The minimum Gasteiger partial charge on any atom is -0.478 e. The van der Waals surface area contributed by atoms with Gasteiger partial charge in [-0.1, -0.05) is 46.1 Å². The molecule has 4 rings (SSSR count). The SMILES string of the molecule is C=C(CCCCCCCC(=O)OC[C@@]1(C)CCC[C@]2(C)[C@H]3COC(=O)C3=C[C@@H](OC(=O)c3ccc([N+](=O)[O-])cc3)[C@@H]12)C(=O)O. The number of benzene rings is 1.